The summed E-state index contributed by atoms with van der Waals surface area (Å²) in [5.74, 6) is 0.841. The normalized spacial score (nSPS) is 11.2. The molecule has 1 atom stereocenters. The third-order valence-electron chi connectivity index (χ3n) is 4.70. The molecule has 0 heterocycles. The SMILES string of the molecule is CCCOc1ccc(/C=C(\C#N)C=O)cc1.CCOC.COCC(C)OC(=O)/C(C#N)=C/c1ccc(OC)cc1. The number of methoxy groups -OCH3 is 3. The van der Waals surface area contributed by atoms with Gasteiger partial charge in [0.15, 0.2) is 6.29 Å². The molecule has 2 aromatic carbocycles. The predicted molar refractivity (Wildman–Crippen MR) is 153 cm³/mol. The summed E-state index contributed by atoms with van der Waals surface area (Å²) >= 11 is 0. The number of carbonyl (C=O) groups is 2. The van der Waals surface area contributed by atoms with Crippen LogP contribution in [0.25, 0.3) is 12.2 Å². The molecular weight excluding hydrogens is 512 g/mol. The molecule has 0 aliphatic carbocycles. The van der Waals surface area contributed by atoms with Gasteiger partial charge in [-0.3, -0.25) is 4.79 Å². The number of hydrogen-bond acceptors (Lipinski definition) is 9. The van der Waals surface area contributed by atoms with E-state index in [1.807, 2.05) is 50.3 Å². The zero-order valence-electron chi connectivity index (χ0n) is 24.0. The van der Waals surface area contributed by atoms with Crippen molar-refractivity contribution in [3.8, 4) is 23.6 Å². The van der Waals surface area contributed by atoms with E-state index in [4.69, 9.17) is 29.5 Å². The topological polar surface area (TPSA) is 128 Å². The Morgan fingerprint density at radius 1 is 0.875 bits per heavy atom. The zero-order chi connectivity index (χ0) is 30.2. The fourth-order valence-corrected chi connectivity index (χ4v) is 2.67. The van der Waals surface area contributed by atoms with E-state index < -0.39 is 12.1 Å². The standard InChI is InChI=1S/C15H17NO4.C13H13NO2.C3H8O/c1-11(10-18-2)20-15(17)13(9-16)8-12-4-6-14(19-3)7-5-12;1-2-7-16-13-5-3-11(4-6-13)8-12(9-14)10-15;1-3-4-2/h4-8,11H,10H2,1-3H3;3-6,8,10H,2,7H2,1H3;3H2,1-2H3/b13-8+;12-8+;. The van der Waals surface area contributed by atoms with Crippen LogP contribution in [0.3, 0.4) is 0 Å². The van der Waals surface area contributed by atoms with Crippen LogP contribution in [0.1, 0.15) is 38.3 Å². The van der Waals surface area contributed by atoms with E-state index in [2.05, 4.69) is 4.74 Å². The number of hydrogen-bond donors (Lipinski definition) is 0. The Morgan fingerprint density at radius 3 is 1.85 bits per heavy atom. The van der Waals surface area contributed by atoms with E-state index in [0.717, 1.165) is 29.9 Å². The van der Waals surface area contributed by atoms with Gasteiger partial charge in [-0.05, 0) is 67.8 Å². The Balaban J connectivity index is 0.000000682. The number of aldehydes is 1. The van der Waals surface area contributed by atoms with Crippen LogP contribution < -0.4 is 9.47 Å². The highest BCUT2D eigenvalue weighted by Gasteiger charge is 2.14. The Bertz CT molecular complexity index is 1140. The number of nitriles is 2. The number of ether oxygens (including phenoxy) is 5. The van der Waals surface area contributed by atoms with Gasteiger partial charge < -0.3 is 23.7 Å². The molecule has 0 N–H and O–H groups in total. The van der Waals surface area contributed by atoms with Crippen molar-refractivity contribution >= 4 is 24.4 Å². The number of allylic oxidation sites excluding steroid dienone is 1. The molecule has 0 fully saturated rings. The minimum atomic E-state index is -0.659. The summed E-state index contributed by atoms with van der Waals surface area (Å²) in [7, 11) is 4.77. The Labute approximate surface area is 237 Å². The Hall–Kier alpha value is -4.44. The lowest BCUT2D eigenvalue weighted by atomic mass is 10.1. The van der Waals surface area contributed by atoms with Gasteiger partial charge in [-0.1, -0.05) is 31.2 Å². The van der Waals surface area contributed by atoms with E-state index >= 15 is 0 Å². The molecule has 2 aromatic rings. The molecule has 0 amide bonds. The van der Waals surface area contributed by atoms with Crippen molar-refractivity contribution in [2.75, 3.05) is 41.2 Å². The van der Waals surface area contributed by atoms with Gasteiger partial charge in [-0.2, -0.15) is 10.5 Å². The molecule has 9 nitrogen and oxygen atoms in total. The second-order valence-corrected chi connectivity index (χ2v) is 7.94. The molecule has 0 bridgehead atoms. The van der Waals surface area contributed by atoms with Crippen molar-refractivity contribution in [1.29, 1.82) is 10.5 Å². The molecule has 0 saturated carbocycles. The van der Waals surface area contributed by atoms with Crippen LogP contribution in [-0.4, -0.2) is 59.5 Å². The second kappa shape index (κ2) is 22.5. The molecule has 9 heteroatoms. The van der Waals surface area contributed by atoms with Gasteiger partial charge in [-0.25, -0.2) is 4.79 Å². The van der Waals surface area contributed by atoms with Gasteiger partial charge in [0, 0.05) is 20.8 Å². The van der Waals surface area contributed by atoms with Crippen molar-refractivity contribution < 1.29 is 33.3 Å². The fraction of sp³-hybridized carbons (Fsp3) is 0.355. The predicted octanol–water partition coefficient (Wildman–Crippen LogP) is 5.41. The van der Waals surface area contributed by atoms with Gasteiger partial charge >= 0.3 is 5.97 Å². The molecule has 2 rings (SSSR count). The third kappa shape index (κ3) is 15.7. The maximum Gasteiger partial charge on any atom is 0.349 e. The Kier molecular flexibility index (Phi) is 20.0. The Morgan fingerprint density at radius 2 is 1.43 bits per heavy atom. The summed E-state index contributed by atoms with van der Waals surface area (Å²) < 4.78 is 24.9. The zero-order valence-corrected chi connectivity index (χ0v) is 24.0. The van der Waals surface area contributed by atoms with Crippen LogP contribution in [0.4, 0.5) is 0 Å². The maximum absolute atomic E-state index is 11.8. The van der Waals surface area contributed by atoms with Gasteiger partial charge in [0.05, 0.1) is 25.9 Å². The number of nitrogens with zero attached hydrogens (tertiary/aromatic N) is 2. The highest BCUT2D eigenvalue weighted by Crippen LogP contribution is 2.15. The van der Waals surface area contributed by atoms with E-state index in [-0.39, 0.29) is 17.8 Å². The monoisotopic (exact) mass is 550 g/mol. The van der Waals surface area contributed by atoms with Gasteiger partial charge in [0.1, 0.15) is 35.3 Å². The molecular formula is C31H38N2O7. The molecule has 0 saturated heterocycles. The van der Waals surface area contributed by atoms with E-state index in [1.165, 1.54) is 19.3 Å². The summed E-state index contributed by atoms with van der Waals surface area (Å²) in [6, 6.07) is 17.9. The summed E-state index contributed by atoms with van der Waals surface area (Å²) in [5, 5.41) is 17.6. The maximum atomic E-state index is 11.8. The summed E-state index contributed by atoms with van der Waals surface area (Å²) in [6.45, 7) is 7.49. The first-order valence-electron chi connectivity index (χ1n) is 12.6. The molecule has 0 aromatic heterocycles. The molecule has 0 aliphatic heterocycles. The van der Waals surface area contributed by atoms with Crippen molar-refractivity contribution in [3.05, 3.63) is 70.8 Å². The first-order valence-corrected chi connectivity index (χ1v) is 12.6. The molecule has 0 aliphatic rings. The van der Waals surface area contributed by atoms with Crippen LogP contribution in [0, 0.1) is 22.7 Å². The molecule has 40 heavy (non-hydrogen) atoms. The first kappa shape index (κ1) is 35.6. The van der Waals surface area contributed by atoms with Crippen LogP contribution in [0.2, 0.25) is 0 Å². The van der Waals surface area contributed by atoms with Gasteiger partial charge in [0.2, 0.25) is 0 Å². The average molecular weight is 551 g/mol. The van der Waals surface area contributed by atoms with Crippen LogP contribution >= 0.6 is 0 Å². The third-order valence-corrected chi connectivity index (χ3v) is 4.70. The number of benzene rings is 2. The lowest BCUT2D eigenvalue weighted by molar-refractivity contribution is -0.145. The van der Waals surface area contributed by atoms with Crippen molar-refractivity contribution in [3.63, 3.8) is 0 Å². The van der Waals surface area contributed by atoms with Crippen LogP contribution in [-0.2, 0) is 23.8 Å². The summed E-state index contributed by atoms with van der Waals surface area (Å²) in [6.07, 6.45) is 4.12. The second-order valence-electron chi connectivity index (χ2n) is 7.94. The highest BCUT2D eigenvalue weighted by atomic mass is 16.6. The largest absolute Gasteiger partial charge is 0.497 e. The smallest absolute Gasteiger partial charge is 0.349 e. The van der Waals surface area contributed by atoms with Crippen LogP contribution in [0.5, 0.6) is 11.5 Å². The molecule has 214 valence electrons. The van der Waals surface area contributed by atoms with E-state index in [9.17, 15) is 9.59 Å². The minimum Gasteiger partial charge on any atom is -0.497 e. The van der Waals surface area contributed by atoms with Gasteiger partial charge in [0.25, 0.3) is 0 Å². The lowest BCUT2D eigenvalue weighted by Gasteiger charge is -2.11. The number of esters is 1. The van der Waals surface area contributed by atoms with Crippen molar-refractivity contribution in [2.24, 2.45) is 0 Å². The summed E-state index contributed by atoms with van der Waals surface area (Å²) in [4.78, 5) is 22.2. The van der Waals surface area contributed by atoms with Crippen molar-refractivity contribution in [1.82, 2.24) is 0 Å². The molecule has 0 spiro atoms. The quantitative estimate of drug-likeness (QED) is 0.147. The first-order chi connectivity index (χ1) is 19.3. The van der Waals surface area contributed by atoms with Crippen molar-refractivity contribution in [2.45, 2.75) is 33.3 Å². The van der Waals surface area contributed by atoms with Crippen LogP contribution in [0.15, 0.2) is 59.7 Å². The lowest BCUT2D eigenvalue weighted by Crippen LogP contribution is -2.20. The molecule has 0 radical (unpaired) electrons. The van der Waals surface area contributed by atoms with E-state index in [0.29, 0.717) is 18.6 Å². The van der Waals surface area contributed by atoms with Gasteiger partial charge in [-0.15, -0.1) is 0 Å². The van der Waals surface area contributed by atoms with E-state index in [1.54, 1.807) is 45.4 Å². The number of rotatable bonds is 12. The molecule has 1 unspecified atom stereocenters. The fourth-order valence-electron chi connectivity index (χ4n) is 2.67. The average Bonchev–Trinajstić information content (AvgIpc) is 2.98. The highest BCUT2D eigenvalue weighted by molar-refractivity contribution is 5.98. The minimum absolute atomic E-state index is 0.0573. The summed E-state index contributed by atoms with van der Waals surface area (Å²) in [5.41, 5.74) is 1.59. The number of carbonyl (C=O) groups excluding carboxylic acids is 2.